The van der Waals surface area contributed by atoms with Gasteiger partial charge in [0.05, 0.1) is 5.69 Å². The van der Waals surface area contributed by atoms with Crippen LogP contribution in [0.25, 0.3) is 11.3 Å². The van der Waals surface area contributed by atoms with Crippen LogP contribution in [0.3, 0.4) is 0 Å². The van der Waals surface area contributed by atoms with Crippen LogP contribution < -0.4 is 5.32 Å². The second-order valence-electron chi connectivity index (χ2n) is 3.67. The van der Waals surface area contributed by atoms with E-state index in [-0.39, 0.29) is 0 Å². The average Bonchev–Trinajstić information content (AvgIpc) is 2.74. The highest BCUT2D eigenvalue weighted by molar-refractivity contribution is 5.61. The summed E-state index contributed by atoms with van der Waals surface area (Å²) in [6, 6.07) is 3.89. The first kappa shape index (κ1) is 11.4. The first-order valence-corrected chi connectivity index (χ1v) is 5.40. The molecule has 1 N–H and O–H groups in total. The summed E-state index contributed by atoms with van der Waals surface area (Å²) in [5.74, 6) is 2.59. The molecule has 2 aromatic heterocycles. The van der Waals surface area contributed by atoms with Gasteiger partial charge in [0.1, 0.15) is 6.54 Å². The van der Waals surface area contributed by atoms with Crippen molar-refractivity contribution in [1.29, 1.82) is 0 Å². The maximum absolute atomic E-state index is 5.30. The standard InChI is InChI=1S/C13H14N4/c1-3-8-17-10-12(9-14-2)13(16-17)11-4-6-15-7-5-11/h1,4-7,10,14H,8-9H2,2H3. The minimum Gasteiger partial charge on any atom is -0.316 e. The number of hydrogen-bond donors (Lipinski definition) is 1. The number of rotatable bonds is 4. The predicted molar refractivity (Wildman–Crippen MR) is 67.1 cm³/mol. The van der Waals surface area contributed by atoms with Crippen LogP contribution in [-0.4, -0.2) is 21.8 Å². The van der Waals surface area contributed by atoms with Crippen molar-refractivity contribution in [3.63, 3.8) is 0 Å². The lowest BCUT2D eigenvalue weighted by molar-refractivity contribution is 0.715. The molecule has 0 aliphatic carbocycles. The number of hydrogen-bond acceptors (Lipinski definition) is 3. The lowest BCUT2D eigenvalue weighted by atomic mass is 10.1. The van der Waals surface area contributed by atoms with Gasteiger partial charge >= 0.3 is 0 Å². The Kier molecular flexibility index (Phi) is 3.53. The molecule has 0 saturated carbocycles. The highest BCUT2D eigenvalue weighted by atomic mass is 15.3. The summed E-state index contributed by atoms with van der Waals surface area (Å²) in [5, 5.41) is 7.62. The normalized spacial score (nSPS) is 10.1. The highest BCUT2D eigenvalue weighted by Crippen LogP contribution is 2.21. The monoisotopic (exact) mass is 226 g/mol. The van der Waals surface area contributed by atoms with Gasteiger partial charge in [0, 0.05) is 36.3 Å². The van der Waals surface area contributed by atoms with Gasteiger partial charge in [0.2, 0.25) is 0 Å². The maximum Gasteiger partial charge on any atom is 0.101 e. The molecule has 0 radical (unpaired) electrons. The fourth-order valence-electron chi connectivity index (χ4n) is 1.71. The van der Waals surface area contributed by atoms with Crippen LogP contribution in [0.1, 0.15) is 5.56 Å². The fraction of sp³-hybridized carbons (Fsp3) is 0.231. The van der Waals surface area contributed by atoms with Gasteiger partial charge < -0.3 is 5.32 Å². The van der Waals surface area contributed by atoms with E-state index in [1.807, 2.05) is 25.4 Å². The average molecular weight is 226 g/mol. The maximum atomic E-state index is 5.30. The second-order valence-corrected chi connectivity index (χ2v) is 3.67. The fourth-order valence-corrected chi connectivity index (χ4v) is 1.71. The molecule has 0 bridgehead atoms. The zero-order valence-corrected chi connectivity index (χ0v) is 9.72. The van der Waals surface area contributed by atoms with Crippen molar-refractivity contribution >= 4 is 0 Å². The van der Waals surface area contributed by atoms with Crippen molar-refractivity contribution in [3.8, 4) is 23.6 Å². The first-order chi connectivity index (χ1) is 8.35. The van der Waals surface area contributed by atoms with E-state index in [0.717, 1.165) is 23.4 Å². The molecule has 0 atom stereocenters. The summed E-state index contributed by atoms with van der Waals surface area (Å²) in [4.78, 5) is 4.01. The van der Waals surface area contributed by atoms with Gasteiger partial charge in [-0.05, 0) is 19.2 Å². The zero-order chi connectivity index (χ0) is 12.1. The van der Waals surface area contributed by atoms with E-state index in [1.165, 1.54) is 0 Å². The van der Waals surface area contributed by atoms with Crippen molar-refractivity contribution in [2.24, 2.45) is 0 Å². The van der Waals surface area contributed by atoms with Crippen molar-refractivity contribution in [3.05, 3.63) is 36.3 Å². The van der Waals surface area contributed by atoms with Crippen LogP contribution in [0.15, 0.2) is 30.7 Å². The van der Waals surface area contributed by atoms with E-state index in [4.69, 9.17) is 6.42 Å². The molecule has 0 aliphatic heterocycles. The van der Waals surface area contributed by atoms with Gasteiger partial charge in [-0.1, -0.05) is 5.92 Å². The Morgan fingerprint density at radius 2 is 2.18 bits per heavy atom. The Labute approximate surface area is 101 Å². The minimum atomic E-state index is 0.488. The summed E-state index contributed by atoms with van der Waals surface area (Å²) in [6.45, 7) is 1.25. The number of aromatic nitrogens is 3. The van der Waals surface area contributed by atoms with Crippen molar-refractivity contribution in [1.82, 2.24) is 20.1 Å². The SMILES string of the molecule is C#CCn1cc(CNC)c(-c2ccncc2)n1. The van der Waals surface area contributed by atoms with Crippen molar-refractivity contribution in [2.45, 2.75) is 13.1 Å². The van der Waals surface area contributed by atoms with Crippen LogP contribution in [-0.2, 0) is 13.1 Å². The largest absolute Gasteiger partial charge is 0.316 e. The quantitative estimate of drug-likeness (QED) is 0.799. The molecule has 0 fully saturated rings. The van der Waals surface area contributed by atoms with Crippen LogP contribution in [0.5, 0.6) is 0 Å². The molecule has 2 rings (SSSR count). The van der Waals surface area contributed by atoms with E-state index < -0.39 is 0 Å². The van der Waals surface area contributed by atoms with Gasteiger partial charge in [-0.2, -0.15) is 5.10 Å². The summed E-state index contributed by atoms with van der Waals surface area (Å²) < 4.78 is 1.78. The van der Waals surface area contributed by atoms with Gasteiger partial charge in [-0.15, -0.1) is 6.42 Å². The summed E-state index contributed by atoms with van der Waals surface area (Å²) >= 11 is 0. The van der Waals surface area contributed by atoms with E-state index in [1.54, 1.807) is 17.1 Å². The molecular formula is C13H14N4. The Balaban J connectivity index is 2.41. The Bertz CT molecular complexity index is 522. The molecule has 0 aromatic carbocycles. The first-order valence-electron chi connectivity index (χ1n) is 5.40. The second kappa shape index (κ2) is 5.28. The summed E-state index contributed by atoms with van der Waals surface area (Å²) in [5.41, 5.74) is 3.15. The highest BCUT2D eigenvalue weighted by Gasteiger charge is 2.09. The number of nitrogens with one attached hydrogen (secondary N) is 1. The summed E-state index contributed by atoms with van der Waals surface area (Å²) in [7, 11) is 1.91. The number of pyridine rings is 1. The van der Waals surface area contributed by atoms with E-state index in [0.29, 0.717) is 6.54 Å². The van der Waals surface area contributed by atoms with Gasteiger partial charge in [0.15, 0.2) is 0 Å². The lowest BCUT2D eigenvalue weighted by Gasteiger charge is -2.00. The molecule has 0 spiro atoms. The molecule has 0 amide bonds. The van der Waals surface area contributed by atoms with Gasteiger partial charge in [-0.25, -0.2) is 0 Å². The molecule has 0 saturated heterocycles. The Morgan fingerprint density at radius 1 is 1.41 bits per heavy atom. The lowest BCUT2D eigenvalue weighted by Crippen LogP contribution is -2.05. The Hall–Kier alpha value is -2.12. The molecule has 4 heteroatoms. The third kappa shape index (κ3) is 2.52. The smallest absolute Gasteiger partial charge is 0.101 e. The molecule has 4 nitrogen and oxygen atoms in total. The van der Waals surface area contributed by atoms with Crippen LogP contribution in [0.2, 0.25) is 0 Å². The molecular weight excluding hydrogens is 212 g/mol. The van der Waals surface area contributed by atoms with Crippen molar-refractivity contribution in [2.75, 3.05) is 7.05 Å². The van der Waals surface area contributed by atoms with E-state index in [2.05, 4.69) is 21.3 Å². The van der Waals surface area contributed by atoms with Crippen LogP contribution in [0.4, 0.5) is 0 Å². The minimum absolute atomic E-state index is 0.488. The van der Waals surface area contributed by atoms with Crippen LogP contribution >= 0.6 is 0 Å². The number of nitrogens with zero attached hydrogens (tertiary/aromatic N) is 3. The molecule has 86 valence electrons. The Morgan fingerprint density at radius 3 is 2.82 bits per heavy atom. The summed E-state index contributed by atoms with van der Waals surface area (Å²) in [6.07, 6.45) is 10.8. The zero-order valence-electron chi connectivity index (χ0n) is 9.72. The van der Waals surface area contributed by atoms with E-state index >= 15 is 0 Å². The molecule has 17 heavy (non-hydrogen) atoms. The molecule has 2 aromatic rings. The third-order valence-corrected chi connectivity index (χ3v) is 2.41. The molecule has 0 unspecified atom stereocenters. The molecule has 2 heterocycles. The third-order valence-electron chi connectivity index (χ3n) is 2.41. The topological polar surface area (TPSA) is 42.7 Å². The predicted octanol–water partition coefficient (Wildman–Crippen LogP) is 1.30. The van der Waals surface area contributed by atoms with Gasteiger partial charge in [0.25, 0.3) is 0 Å². The van der Waals surface area contributed by atoms with Gasteiger partial charge in [-0.3, -0.25) is 9.67 Å². The van der Waals surface area contributed by atoms with E-state index in [9.17, 15) is 0 Å². The van der Waals surface area contributed by atoms with Crippen molar-refractivity contribution < 1.29 is 0 Å². The van der Waals surface area contributed by atoms with Crippen LogP contribution in [0, 0.1) is 12.3 Å². The number of terminal acetylenes is 1. The molecule has 0 aliphatic rings.